The Labute approximate surface area is 340 Å². The predicted octanol–water partition coefficient (Wildman–Crippen LogP) is 6.36. The third-order valence-electron chi connectivity index (χ3n) is 15.7. The van der Waals surface area contributed by atoms with Crippen molar-refractivity contribution in [3.8, 4) is 0 Å². The fraction of sp³-hybridized carbons (Fsp3) is 0.900. The van der Waals surface area contributed by atoms with Crippen LogP contribution in [-0.4, -0.2) is 29.9 Å². The van der Waals surface area contributed by atoms with Gasteiger partial charge in [-0.2, -0.15) is 0 Å². The van der Waals surface area contributed by atoms with Gasteiger partial charge in [0.1, 0.15) is 5.78 Å². The van der Waals surface area contributed by atoms with Crippen LogP contribution in [0.25, 0.3) is 0 Å². The Morgan fingerprint density at radius 1 is 0.837 bits per heavy atom. The predicted molar refractivity (Wildman–Crippen MR) is 188 cm³/mol. The van der Waals surface area contributed by atoms with Crippen molar-refractivity contribution in [3.63, 3.8) is 0 Å². The zero-order chi connectivity index (χ0) is 35.2. The maximum Gasteiger partial charge on any atom is 1.00 e. The van der Waals surface area contributed by atoms with Crippen LogP contribution in [0, 0.1) is 56.7 Å². The van der Waals surface area contributed by atoms with Gasteiger partial charge in [0.15, 0.2) is 0 Å². The summed E-state index contributed by atoms with van der Waals surface area (Å²) in [6.07, 6.45) is 18.2. The largest absolute Gasteiger partial charge is 1.00 e. The Bertz CT molecular complexity index is 1260. The monoisotopic (exact) mass is 728 g/mol. The number of carbonyl (C=O) groups is 2. The van der Waals surface area contributed by atoms with E-state index in [1.165, 1.54) is 24.8 Å². The summed E-state index contributed by atoms with van der Waals surface area (Å²) in [6.45, 7) is 19.4. The number of hydrogen-bond acceptors (Lipinski definition) is 6. The number of carbonyl (C=O) groups excluding carboxylic acids is 2. The Morgan fingerprint density at radius 3 is 2.06 bits per heavy atom. The van der Waals surface area contributed by atoms with Crippen LogP contribution in [0.3, 0.4) is 0 Å². The van der Waals surface area contributed by atoms with Crippen LogP contribution in [0.1, 0.15) is 157 Å². The molecule has 0 saturated heterocycles. The Hall–Kier alpha value is 0.626. The molecule has 9 heteroatoms. The Kier molecular flexibility index (Phi) is 14.0. The Morgan fingerprint density at radius 2 is 1.45 bits per heavy atom. The molecular weight excluding hydrogens is 663 g/mol. The van der Waals surface area contributed by atoms with E-state index >= 15 is 0 Å². The van der Waals surface area contributed by atoms with Crippen LogP contribution < -0.4 is 56.3 Å². The summed E-state index contributed by atoms with van der Waals surface area (Å²) < 4.78 is 21.2. The van der Waals surface area contributed by atoms with Crippen molar-refractivity contribution >= 4 is 19.6 Å². The smallest absolute Gasteiger partial charge is 0.756 e. The minimum absolute atomic E-state index is 0. The number of ketones is 1. The summed E-state index contributed by atoms with van der Waals surface area (Å²) >= 11 is 0. The molecule has 274 valence electrons. The molecular formula is C40H66KO7P. The quantitative estimate of drug-likeness (QED) is 0.0729. The summed E-state index contributed by atoms with van der Waals surface area (Å²) in [4.78, 5) is 46.6. The van der Waals surface area contributed by atoms with Gasteiger partial charge in [-0.3, -0.25) is 14.2 Å². The van der Waals surface area contributed by atoms with Crippen LogP contribution in [0.4, 0.5) is 0 Å². The fourth-order valence-corrected chi connectivity index (χ4v) is 13.4. The molecule has 5 rings (SSSR count). The zero-order valence-corrected chi connectivity index (χ0v) is 36.1. The van der Waals surface area contributed by atoms with Gasteiger partial charge in [-0.25, -0.2) is 0 Å². The average Bonchev–Trinajstić information content (AvgIpc) is 3.41. The fourth-order valence-electron chi connectivity index (χ4n) is 13.0. The Balaban J connectivity index is 0.00000541. The molecule has 5 saturated carbocycles. The van der Waals surface area contributed by atoms with Gasteiger partial charge in [0.25, 0.3) is 7.82 Å². The maximum absolute atomic E-state index is 14.2. The second kappa shape index (κ2) is 16.2. The molecule has 10 atom stereocenters. The number of esters is 1. The van der Waals surface area contributed by atoms with Gasteiger partial charge >= 0.3 is 57.4 Å². The van der Waals surface area contributed by atoms with Crippen LogP contribution in [0.2, 0.25) is 0 Å². The average molecular weight is 729 g/mol. The molecule has 0 heterocycles. The third-order valence-corrected chi connectivity index (χ3v) is 16.3. The number of rotatable bonds is 14. The minimum atomic E-state index is -4.60. The van der Waals surface area contributed by atoms with Crippen molar-refractivity contribution < 1.29 is 84.6 Å². The number of allylic oxidation sites excluding steroid dienone is 1. The first kappa shape index (κ1) is 42.4. The molecule has 0 spiro atoms. The summed E-state index contributed by atoms with van der Waals surface area (Å²) in [5.41, 5.74) is 1.16. The molecule has 0 aromatic heterocycles. The SMILES string of the molecule is C=C(C)[C@@H]1CC[C@]2(C(=O)OCCCCCCCCCCOP(=O)([O-])O)CC[C@]3(C)[C@H](CC[C@@H]4[C@@]5(C)CCC(=O)C(C)(C)[C@@H]5CC[C@]43C)[C@@H]12.[K+]. The first-order valence-corrected chi connectivity index (χ1v) is 21.0. The number of phosphoric ester groups is 1. The van der Waals surface area contributed by atoms with Crippen LogP contribution in [0.5, 0.6) is 0 Å². The molecule has 5 aliphatic carbocycles. The topological polar surface area (TPSA) is 113 Å². The van der Waals surface area contributed by atoms with Gasteiger partial charge in [-0.1, -0.05) is 85.3 Å². The van der Waals surface area contributed by atoms with Crippen molar-refractivity contribution in [2.45, 2.75) is 157 Å². The molecule has 7 nitrogen and oxygen atoms in total. The van der Waals surface area contributed by atoms with Crippen molar-refractivity contribution in [1.82, 2.24) is 0 Å². The van der Waals surface area contributed by atoms with E-state index in [0.717, 1.165) is 89.9 Å². The van der Waals surface area contributed by atoms with Crippen LogP contribution in [-0.2, 0) is 23.4 Å². The van der Waals surface area contributed by atoms with Gasteiger partial charge in [0, 0.05) is 11.8 Å². The minimum Gasteiger partial charge on any atom is -0.756 e. The summed E-state index contributed by atoms with van der Waals surface area (Å²) in [6, 6.07) is 0. The molecule has 5 fully saturated rings. The van der Waals surface area contributed by atoms with Crippen molar-refractivity contribution in [2.75, 3.05) is 13.2 Å². The first-order chi connectivity index (χ1) is 22.4. The van der Waals surface area contributed by atoms with Gasteiger partial charge < -0.3 is 19.0 Å². The van der Waals surface area contributed by atoms with Crippen molar-refractivity contribution in [1.29, 1.82) is 0 Å². The molecule has 5 aliphatic rings. The van der Waals surface area contributed by atoms with Crippen molar-refractivity contribution in [3.05, 3.63) is 12.2 Å². The van der Waals surface area contributed by atoms with E-state index < -0.39 is 13.2 Å². The van der Waals surface area contributed by atoms with E-state index in [1.807, 2.05) is 0 Å². The normalized spacial score (nSPS) is 40.5. The van der Waals surface area contributed by atoms with E-state index in [9.17, 15) is 19.0 Å². The standard InChI is InChI=1S/C40H67O7P.K/c1-28(2)29-18-23-40(35(42)46-26-14-12-10-8-9-11-13-15-27-47-48(43,44)45)25-24-38(6)30(34(29)40)16-17-32-37(5)21-20-33(41)36(3,4)31(37)19-22-39(32,38)7;/h29-32,34H,1,8-27H2,2-7H3,(H2,43,44,45);/q;+1/p-1/t29-,30+,31-,32+,34+,37-,38+,39+,40-;/m0./s1. The molecule has 0 aromatic carbocycles. The number of ether oxygens (including phenoxy) is 1. The third kappa shape index (κ3) is 7.91. The van der Waals surface area contributed by atoms with E-state index in [1.54, 1.807) is 0 Å². The van der Waals surface area contributed by atoms with Crippen LogP contribution >= 0.6 is 7.82 Å². The van der Waals surface area contributed by atoms with E-state index in [4.69, 9.17) is 9.63 Å². The molecule has 49 heavy (non-hydrogen) atoms. The summed E-state index contributed by atoms with van der Waals surface area (Å²) in [5, 5.41) is 0. The molecule has 0 aliphatic heterocycles. The van der Waals surface area contributed by atoms with Gasteiger partial charge in [0.05, 0.1) is 18.6 Å². The molecule has 0 aromatic rings. The second-order valence-electron chi connectivity index (χ2n) is 18.3. The molecule has 1 unspecified atom stereocenters. The van der Waals surface area contributed by atoms with E-state index in [2.05, 4.69) is 52.6 Å². The second-order valence-corrected chi connectivity index (χ2v) is 19.4. The molecule has 1 N–H and O–H groups in total. The number of hydrogen-bond donors (Lipinski definition) is 1. The van der Waals surface area contributed by atoms with Gasteiger partial charge in [-0.15, -0.1) is 0 Å². The van der Waals surface area contributed by atoms with E-state index in [-0.39, 0.29) is 85.6 Å². The summed E-state index contributed by atoms with van der Waals surface area (Å²) in [7, 11) is -4.60. The van der Waals surface area contributed by atoms with E-state index in [0.29, 0.717) is 48.4 Å². The molecule has 0 bridgehead atoms. The number of phosphoric acid groups is 1. The first-order valence-electron chi connectivity index (χ1n) is 19.5. The van der Waals surface area contributed by atoms with Gasteiger partial charge in [0.2, 0.25) is 0 Å². The van der Waals surface area contributed by atoms with Crippen LogP contribution in [0.15, 0.2) is 12.2 Å². The number of unbranched alkanes of at least 4 members (excludes halogenated alkanes) is 7. The molecule has 0 amide bonds. The maximum atomic E-state index is 14.2. The number of Topliss-reactive ketones (excluding diaryl/α,β-unsaturated/α-hetero) is 1. The molecule has 0 radical (unpaired) electrons. The number of fused-ring (bicyclic) bond motifs is 7. The summed E-state index contributed by atoms with van der Waals surface area (Å²) in [5.74, 6) is 2.75. The van der Waals surface area contributed by atoms with Gasteiger partial charge in [-0.05, 0) is 123 Å². The van der Waals surface area contributed by atoms with Crippen molar-refractivity contribution in [2.24, 2.45) is 56.7 Å². The zero-order valence-electron chi connectivity index (χ0n) is 32.1.